The Morgan fingerprint density at radius 1 is 1.03 bits per heavy atom. The molecule has 37 heavy (non-hydrogen) atoms. The normalized spacial score (nSPS) is 26.1. The summed E-state index contributed by atoms with van der Waals surface area (Å²) in [6.45, 7) is 6.63. The van der Waals surface area contributed by atoms with Crippen molar-refractivity contribution in [2.45, 2.75) is 42.1 Å². The summed E-state index contributed by atoms with van der Waals surface area (Å²) in [5.74, 6) is -0.448. The van der Waals surface area contributed by atoms with Gasteiger partial charge in [0.05, 0.1) is 35.6 Å². The van der Waals surface area contributed by atoms with Crippen LogP contribution >= 0.6 is 0 Å². The molecular weight excluding hydrogens is 497 g/mol. The molecule has 200 valence electrons. The van der Waals surface area contributed by atoms with Crippen LogP contribution in [0.1, 0.15) is 41.4 Å². The van der Waals surface area contributed by atoms with Gasteiger partial charge in [0.25, 0.3) is 5.91 Å². The van der Waals surface area contributed by atoms with Crippen LogP contribution in [0.15, 0.2) is 29.2 Å². The fourth-order valence-corrected chi connectivity index (χ4v) is 7.74. The first-order valence-corrected chi connectivity index (χ1v) is 15.0. The predicted octanol–water partition coefficient (Wildman–Crippen LogP) is 1.99. The van der Waals surface area contributed by atoms with Gasteiger partial charge in [-0.15, -0.1) is 0 Å². The van der Waals surface area contributed by atoms with E-state index in [0.29, 0.717) is 55.3 Å². The third kappa shape index (κ3) is 4.82. The van der Waals surface area contributed by atoms with E-state index in [1.807, 2.05) is 16.8 Å². The lowest BCUT2D eigenvalue weighted by molar-refractivity contribution is 0.0297. The maximum atomic E-state index is 13.6. The number of sulfone groups is 1. The summed E-state index contributed by atoms with van der Waals surface area (Å²) >= 11 is 0. The second kappa shape index (κ2) is 10.1. The molecule has 0 aliphatic carbocycles. The van der Waals surface area contributed by atoms with Crippen LogP contribution in [0.2, 0.25) is 0 Å². The Morgan fingerprint density at radius 3 is 2.54 bits per heavy atom. The van der Waals surface area contributed by atoms with Crippen LogP contribution in [0, 0.1) is 0 Å². The van der Waals surface area contributed by atoms with Gasteiger partial charge in [0, 0.05) is 56.9 Å². The largest absolute Gasteiger partial charge is 0.378 e. The van der Waals surface area contributed by atoms with Crippen molar-refractivity contribution < 1.29 is 22.3 Å². The lowest BCUT2D eigenvalue weighted by atomic mass is 10.0. The van der Waals surface area contributed by atoms with Gasteiger partial charge in [0.1, 0.15) is 6.17 Å². The van der Waals surface area contributed by atoms with Gasteiger partial charge in [-0.25, -0.2) is 12.8 Å². The molecule has 2 aromatic rings. The number of halogens is 1. The molecule has 2 atom stereocenters. The second-order valence-corrected chi connectivity index (χ2v) is 12.5. The first-order valence-electron chi connectivity index (χ1n) is 13.3. The zero-order chi connectivity index (χ0) is 25.6. The highest BCUT2D eigenvalue weighted by Crippen LogP contribution is 2.41. The number of aromatic nitrogens is 2. The van der Waals surface area contributed by atoms with Crippen molar-refractivity contribution >= 4 is 15.7 Å². The van der Waals surface area contributed by atoms with Gasteiger partial charge in [-0.3, -0.25) is 19.3 Å². The SMILES string of the molecule is O=C(c1nn(C2CCCN(CCN3CC[C@@H](F)C3)C2)c2c1CS(=O)(=O)c1ccccc1-2)N1CCOCC1. The average molecular weight is 532 g/mol. The zero-order valence-corrected chi connectivity index (χ0v) is 21.8. The predicted molar refractivity (Wildman–Crippen MR) is 136 cm³/mol. The molecule has 3 saturated heterocycles. The third-order valence-corrected chi connectivity index (χ3v) is 9.79. The molecule has 1 unspecified atom stereocenters. The Balaban J connectivity index is 1.33. The number of morpholine rings is 1. The fourth-order valence-electron chi connectivity index (χ4n) is 6.15. The molecule has 3 fully saturated rings. The molecule has 0 spiro atoms. The van der Waals surface area contributed by atoms with Crippen molar-refractivity contribution in [1.29, 1.82) is 0 Å². The Bertz CT molecular complexity index is 1280. The number of ether oxygens (including phenoxy) is 1. The van der Waals surface area contributed by atoms with Crippen LogP contribution in [0.5, 0.6) is 0 Å². The number of fused-ring (bicyclic) bond motifs is 3. The Labute approximate surface area is 217 Å². The molecule has 11 heteroatoms. The number of nitrogens with zero attached hydrogens (tertiary/aromatic N) is 5. The first-order chi connectivity index (χ1) is 17.9. The van der Waals surface area contributed by atoms with Crippen LogP contribution in [0.4, 0.5) is 4.39 Å². The van der Waals surface area contributed by atoms with Gasteiger partial charge in [-0.1, -0.05) is 18.2 Å². The smallest absolute Gasteiger partial charge is 0.274 e. The number of carbonyl (C=O) groups excluding carboxylic acids is 1. The summed E-state index contributed by atoms with van der Waals surface area (Å²) < 4.78 is 47.4. The Morgan fingerprint density at radius 2 is 1.78 bits per heavy atom. The molecular formula is C26H34FN5O4S. The van der Waals surface area contributed by atoms with Gasteiger partial charge in [-0.2, -0.15) is 5.10 Å². The maximum Gasteiger partial charge on any atom is 0.274 e. The zero-order valence-electron chi connectivity index (χ0n) is 21.0. The van der Waals surface area contributed by atoms with Crippen molar-refractivity contribution in [1.82, 2.24) is 24.5 Å². The van der Waals surface area contributed by atoms with Gasteiger partial charge < -0.3 is 9.64 Å². The van der Waals surface area contributed by atoms with E-state index in [4.69, 9.17) is 9.84 Å². The minimum Gasteiger partial charge on any atom is -0.378 e. The van der Waals surface area contributed by atoms with E-state index in [1.165, 1.54) is 0 Å². The number of carbonyl (C=O) groups is 1. The molecule has 9 nitrogen and oxygen atoms in total. The van der Waals surface area contributed by atoms with Gasteiger partial charge >= 0.3 is 0 Å². The van der Waals surface area contributed by atoms with Gasteiger partial charge in [-0.05, 0) is 31.9 Å². The van der Waals surface area contributed by atoms with E-state index in [9.17, 15) is 17.6 Å². The highest BCUT2D eigenvalue weighted by molar-refractivity contribution is 7.90. The number of piperidine rings is 1. The van der Waals surface area contributed by atoms with Crippen molar-refractivity contribution in [3.05, 3.63) is 35.5 Å². The van der Waals surface area contributed by atoms with E-state index in [2.05, 4.69) is 9.80 Å². The second-order valence-electron chi connectivity index (χ2n) is 10.6. The topological polar surface area (TPSA) is 88.0 Å². The lowest BCUT2D eigenvalue weighted by Gasteiger charge is -2.35. The maximum absolute atomic E-state index is 13.6. The van der Waals surface area contributed by atoms with E-state index in [1.54, 1.807) is 17.0 Å². The van der Waals surface area contributed by atoms with Gasteiger partial charge in [0.15, 0.2) is 15.5 Å². The minimum atomic E-state index is -3.59. The number of hydrogen-bond acceptors (Lipinski definition) is 7. The molecule has 4 aliphatic rings. The molecule has 5 heterocycles. The molecule has 0 N–H and O–H groups in total. The fraction of sp³-hybridized carbons (Fsp3) is 0.615. The van der Waals surface area contributed by atoms with Crippen molar-refractivity contribution in [3.63, 3.8) is 0 Å². The van der Waals surface area contributed by atoms with Gasteiger partial charge in [0.2, 0.25) is 0 Å². The highest BCUT2D eigenvalue weighted by Gasteiger charge is 2.39. The average Bonchev–Trinajstić information content (AvgIpc) is 3.51. The summed E-state index contributed by atoms with van der Waals surface area (Å²) in [4.78, 5) is 20.2. The highest BCUT2D eigenvalue weighted by atomic mass is 32.2. The summed E-state index contributed by atoms with van der Waals surface area (Å²) in [5, 5.41) is 4.87. The number of alkyl halides is 1. The van der Waals surface area contributed by atoms with E-state index < -0.39 is 16.0 Å². The molecule has 4 aliphatic heterocycles. The number of amides is 1. The molecule has 1 amide bonds. The van der Waals surface area contributed by atoms with Crippen LogP contribution in [-0.2, 0) is 20.3 Å². The van der Waals surface area contributed by atoms with Crippen molar-refractivity contribution in [2.24, 2.45) is 0 Å². The minimum absolute atomic E-state index is 0.0232. The van der Waals surface area contributed by atoms with E-state index >= 15 is 0 Å². The van der Waals surface area contributed by atoms with Crippen LogP contribution in [0.25, 0.3) is 11.3 Å². The monoisotopic (exact) mass is 531 g/mol. The first kappa shape index (κ1) is 25.0. The quantitative estimate of drug-likeness (QED) is 0.583. The van der Waals surface area contributed by atoms with Crippen molar-refractivity contribution in [2.75, 3.05) is 65.6 Å². The molecule has 6 rings (SSSR count). The molecule has 1 aromatic heterocycles. The van der Waals surface area contributed by atoms with E-state index in [-0.39, 0.29) is 23.4 Å². The number of rotatable bonds is 5. The van der Waals surface area contributed by atoms with Crippen LogP contribution in [0.3, 0.4) is 0 Å². The molecule has 0 radical (unpaired) electrons. The molecule has 1 aromatic carbocycles. The van der Waals surface area contributed by atoms with Crippen LogP contribution < -0.4 is 0 Å². The standard InChI is InChI=1S/C26H34FN5O4S/c27-19-7-9-30(16-19)11-10-29-8-3-4-20(17-29)32-25-21-5-1-2-6-23(21)37(34,35)18-22(25)24(28-32)26(33)31-12-14-36-15-13-31/h1-2,5-6,19-20H,3-4,7-18H2/t19-,20?/m1/s1. The summed E-state index contributed by atoms with van der Waals surface area (Å²) in [6.07, 6.45) is 1.78. The Hall–Kier alpha value is -2.34. The number of likely N-dealkylation sites (tertiary alicyclic amines) is 2. The summed E-state index contributed by atoms with van der Waals surface area (Å²) in [6, 6.07) is 7.08. The molecule has 0 bridgehead atoms. The lowest BCUT2D eigenvalue weighted by Crippen LogP contribution is -2.42. The molecule has 0 saturated carbocycles. The summed E-state index contributed by atoms with van der Waals surface area (Å²) in [5.41, 5.74) is 2.14. The third-order valence-electron chi connectivity index (χ3n) is 8.09. The van der Waals surface area contributed by atoms with E-state index in [0.717, 1.165) is 51.3 Å². The van der Waals surface area contributed by atoms with Crippen molar-refractivity contribution in [3.8, 4) is 11.3 Å². The number of benzene rings is 1. The van der Waals surface area contributed by atoms with Crippen LogP contribution in [-0.4, -0.2) is 111 Å². The Kier molecular flexibility index (Phi) is 6.81. The number of hydrogen-bond donors (Lipinski definition) is 0. The summed E-state index contributed by atoms with van der Waals surface area (Å²) in [7, 11) is -3.59.